The highest BCUT2D eigenvalue weighted by molar-refractivity contribution is 5.68. The van der Waals surface area contributed by atoms with Gasteiger partial charge < -0.3 is 33.5 Å². The third-order valence-corrected chi connectivity index (χ3v) is 9.35. The van der Waals surface area contributed by atoms with Crippen molar-refractivity contribution in [2.24, 2.45) is 23.7 Å². The fourth-order valence-electron chi connectivity index (χ4n) is 8.30. The number of rotatable bonds is 5. The normalized spacial score (nSPS) is 45.9. The second-order valence-corrected chi connectivity index (χ2v) is 13.2. The lowest BCUT2D eigenvalue weighted by Crippen LogP contribution is -2.66. The molecule has 0 amide bonds. The van der Waals surface area contributed by atoms with Crippen molar-refractivity contribution in [3.8, 4) is 0 Å². The number of esters is 4. The number of ether oxygens (including phenoxy) is 6. The Bertz CT molecular complexity index is 1050. The van der Waals surface area contributed by atoms with E-state index in [1.165, 1.54) is 27.7 Å². The monoisotopic (exact) mass is 568 g/mol. The summed E-state index contributed by atoms with van der Waals surface area (Å²) >= 11 is 0. The Hall–Kier alpha value is -2.24. The highest BCUT2D eigenvalue weighted by Crippen LogP contribution is 2.66. The molecule has 1 N–H and O–H groups in total. The third kappa shape index (κ3) is 5.25. The quantitative estimate of drug-likeness (QED) is 0.296. The lowest BCUT2D eigenvalue weighted by molar-refractivity contribution is -0.209. The van der Waals surface area contributed by atoms with Gasteiger partial charge in [-0.2, -0.15) is 0 Å². The van der Waals surface area contributed by atoms with Gasteiger partial charge in [-0.3, -0.25) is 19.2 Å². The number of fused-ring (bicyclic) bond motifs is 6. The van der Waals surface area contributed by atoms with Crippen LogP contribution in [0.3, 0.4) is 0 Å². The predicted molar refractivity (Wildman–Crippen MR) is 139 cm³/mol. The Labute approximate surface area is 235 Å². The van der Waals surface area contributed by atoms with Gasteiger partial charge in [0.15, 0.2) is 6.10 Å². The van der Waals surface area contributed by atoms with Crippen LogP contribution < -0.4 is 0 Å². The number of hydrogen-bond donors (Lipinski definition) is 1. The Morgan fingerprint density at radius 1 is 0.900 bits per heavy atom. The summed E-state index contributed by atoms with van der Waals surface area (Å²) in [5.41, 5.74) is -4.86. The van der Waals surface area contributed by atoms with Gasteiger partial charge in [0.2, 0.25) is 0 Å². The van der Waals surface area contributed by atoms with Gasteiger partial charge in [-0.25, -0.2) is 0 Å². The summed E-state index contributed by atoms with van der Waals surface area (Å²) in [6.07, 6.45) is -2.82. The average molecular weight is 569 g/mol. The summed E-state index contributed by atoms with van der Waals surface area (Å²) in [5, 5.41) is 11.8. The van der Waals surface area contributed by atoms with E-state index in [4.69, 9.17) is 28.4 Å². The van der Waals surface area contributed by atoms with Crippen LogP contribution in [0, 0.1) is 23.7 Å². The van der Waals surface area contributed by atoms with Gasteiger partial charge in [-0.05, 0) is 39.5 Å². The number of epoxide rings is 1. The smallest absolute Gasteiger partial charge is 0.303 e. The number of hydrogen-bond acceptors (Lipinski definition) is 11. The van der Waals surface area contributed by atoms with E-state index < -0.39 is 76.6 Å². The van der Waals surface area contributed by atoms with E-state index in [1.807, 2.05) is 20.8 Å². The highest BCUT2D eigenvalue weighted by atomic mass is 16.7. The van der Waals surface area contributed by atoms with Crippen LogP contribution in [0.4, 0.5) is 0 Å². The van der Waals surface area contributed by atoms with Gasteiger partial charge >= 0.3 is 23.9 Å². The summed E-state index contributed by atoms with van der Waals surface area (Å²) in [5.74, 6) is -3.36. The van der Waals surface area contributed by atoms with Crippen LogP contribution in [-0.2, 0) is 47.6 Å². The van der Waals surface area contributed by atoms with Crippen LogP contribution in [0.1, 0.15) is 81.6 Å². The maximum Gasteiger partial charge on any atom is 0.303 e. The molecule has 0 aromatic rings. The molecule has 4 rings (SSSR count). The van der Waals surface area contributed by atoms with Gasteiger partial charge in [0.1, 0.15) is 35.1 Å². The van der Waals surface area contributed by atoms with Crippen molar-refractivity contribution < 1.29 is 52.7 Å². The molecular weight excluding hydrogens is 524 g/mol. The first-order valence-electron chi connectivity index (χ1n) is 14.1. The second-order valence-electron chi connectivity index (χ2n) is 13.2. The average Bonchev–Trinajstić information content (AvgIpc) is 3.48. The first-order valence-corrected chi connectivity index (χ1v) is 14.1. The summed E-state index contributed by atoms with van der Waals surface area (Å²) in [6.45, 7) is 14.7. The molecule has 226 valence electrons. The molecule has 1 unspecified atom stereocenters. The standard InChI is InChI=1S/C29H44O11/c1-14(2)20-21-23(29(13-35-29)25(38-17(5)32)22(20)37-16(4)31)28(9)12-26(7,34)19(36-15(3)30)10-11-27(8,24(21)40-28)39-18(6)33/h14,19-25,34H,10-13H2,1-9H3/t19-,20+,21+,22-,23-,24+,25-,26-,27+,28?,29+/m0/s1. The number of carbonyl (C=O) groups is 4. The zero-order valence-corrected chi connectivity index (χ0v) is 25.0. The van der Waals surface area contributed by atoms with Crippen LogP contribution in [-0.4, -0.2) is 82.4 Å². The zero-order valence-electron chi connectivity index (χ0n) is 25.0. The van der Waals surface area contributed by atoms with E-state index in [-0.39, 0.29) is 43.6 Å². The minimum Gasteiger partial charge on any atom is -0.460 e. The van der Waals surface area contributed by atoms with Gasteiger partial charge in [0, 0.05) is 51.9 Å². The van der Waals surface area contributed by atoms with Crippen LogP contribution in [0.2, 0.25) is 0 Å². The van der Waals surface area contributed by atoms with E-state index >= 15 is 0 Å². The molecular formula is C29H44O11. The Balaban J connectivity index is 1.95. The van der Waals surface area contributed by atoms with Crippen LogP contribution in [0.15, 0.2) is 0 Å². The predicted octanol–water partition coefficient (Wildman–Crippen LogP) is 2.48. The van der Waals surface area contributed by atoms with Gasteiger partial charge in [0.05, 0.1) is 12.2 Å². The molecule has 1 spiro atoms. The molecule has 11 nitrogen and oxygen atoms in total. The van der Waals surface area contributed by atoms with Crippen molar-refractivity contribution in [2.75, 3.05) is 6.61 Å². The van der Waals surface area contributed by atoms with E-state index in [2.05, 4.69) is 0 Å². The molecule has 0 aromatic carbocycles. The Kier molecular flexibility index (Phi) is 7.86. The molecule has 1 aliphatic carbocycles. The molecule has 0 aromatic heterocycles. The molecule has 3 saturated heterocycles. The molecule has 4 fully saturated rings. The SMILES string of the molecule is CC(=O)O[C@H]1[C@H](C(C)C)[C@H]2[C@H]3OC(C)(C[C@](C)(O)[C@@H](OC(C)=O)CC[C@@]3(C)OC(C)=O)[C@H]2[C@]2(CO2)[C@H]1OC(C)=O. The maximum absolute atomic E-state index is 12.5. The maximum atomic E-state index is 12.5. The molecule has 2 bridgehead atoms. The minimum absolute atomic E-state index is 0.0622. The Morgan fingerprint density at radius 3 is 1.95 bits per heavy atom. The summed E-state index contributed by atoms with van der Waals surface area (Å²) in [7, 11) is 0. The first kappa shape index (κ1) is 30.7. The summed E-state index contributed by atoms with van der Waals surface area (Å²) < 4.78 is 36.5. The van der Waals surface area contributed by atoms with E-state index in [1.54, 1.807) is 13.8 Å². The van der Waals surface area contributed by atoms with Crippen LogP contribution in [0.25, 0.3) is 0 Å². The van der Waals surface area contributed by atoms with Gasteiger partial charge in [0.25, 0.3) is 0 Å². The first-order chi connectivity index (χ1) is 18.4. The third-order valence-electron chi connectivity index (χ3n) is 9.35. The number of carbonyl (C=O) groups excluding carboxylic acids is 4. The zero-order chi connectivity index (χ0) is 30.0. The van der Waals surface area contributed by atoms with E-state index in [9.17, 15) is 24.3 Å². The van der Waals surface area contributed by atoms with E-state index in [0.29, 0.717) is 0 Å². The molecule has 3 aliphatic heterocycles. The Morgan fingerprint density at radius 2 is 1.48 bits per heavy atom. The fourth-order valence-corrected chi connectivity index (χ4v) is 8.30. The summed E-state index contributed by atoms with van der Waals surface area (Å²) in [6, 6.07) is 0. The topological polar surface area (TPSA) is 147 Å². The second kappa shape index (κ2) is 10.2. The van der Waals surface area contributed by atoms with Crippen LogP contribution >= 0.6 is 0 Å². The van der Waals surface area contributed by atoms with E-state index in [0.717, 1.165) is 0 Å². The van der Waals surface area contributed by atoms with Crippen molar-refractivity contribution in [2.45, 2.75) is 128 Å². The van der Waals surface area contributed by atoms with Crippen molar-refractivity contribution in [1.29, 1.82) is 0 Å². The van der Waals surface area contributed by atoms with Crippen molar-refractivity contribution >= 4 is 23.9 Å². The molecule has 1 saturated carbocycles. The molecule has 3 heterocycles. The molecule has 4 aliphatic rings. The van der Waals surface area contributed by atoms with Gasteiger partial charge in [-0.15, -0.1) is 0 Å². The molecule has 11 atom stereocenters. The van der Waals surface area contributed by atoms with Gasteiger partial charge in [-0.1, -0.05) is 13.8 Å². The molecule has 40 heavy (non-hydrogen) atoms. The lowest BCUT2D eigenvalue weighted by atomic mass is 9.53. The van der Waals surface area contributed by atoms with Crippen molar-refractivity contribution in [1.82, 2.24) is 0 Å². The van der Waals surface area contributed by atoms with Crippen LogP contribution in [0.5, 0.6) is 0 Å². The summed E-state index contributed by atoms with van der Waals surface area (Å²) in [4.78, 5) is 49.3. The largest absolute Gasteiger partial charge is 0.460 e. The molecule has 0 radical (unpaired) electrons. The van der Waals surface area contributed by atoms with Crippen molar-refractivity contribution in [3.63, 3.8) is 0 Å². The highest BCUT2D eigenvalue weighted by Gasteiger charge is 2.79. The fraction of sp³-hybridized carbons (Fsp3) is 0.862. The lowest BCUT2D eigenvalue weighted by Gasteiger charge is -2.53. The number of aliphatic hydroxyl groups is 1. The minimum atomic E-state index is -1.52. The molecule has 11 heteroatoms. The van der Waals surface area contributed by atoms with Crippen molar-refractivity contribution in [3.05, 3.63) is 0 Å².